The molecular formula is C24H21F4N3O3S. The summed E-state index contributed by atoms with van der Waals surface area (Å²) in [6.45, 7) is 0.0491. The summed E-state index contributed by atoms with van der Waals surface area (Å²) < 4.78 is 80.1. The number of aromatic nitrogens is 1. The molecule has 1 N–H and O–H groups in total. The fourth-order valence-electron chi connectivity index (χ4n) is 3.94. The molecule has 4 rings (SSSR count). The number of benzene rings is 2. The molecule has 0 radical (unpaired) electrons. The van der Waals surface area contributed by atoms with E-state index in [0.717, 1.165) is 34.8 Å². The zero-order valence-electron chi connectivity index (χ0n) is 18.3. The summed E-state index contributed by atoms with van der Waals surface area (Å²) >= 11 is 0. The van der Waals surface area contributed by atoms with Gasteiger partial charge in [0, 0.05) is 17.7 Å². The second-order valence-corrected chi connectivity index (χ2v) is 9.91. The number of carbonyl (C=O) groups excluding carboxylic acids is 1. The maximum absolute atomic E-state index is 14.3. The summed E-state index contributed by atoms with van der Waals surface area (Å²) in [5, 5.41) is 2.64. The Morgan fingerprint density at radius 1 is 1.09 bits per heavy atom. The molecule has 0 saturated carbocycles. The van der Waals surface area contributed by atoms with Gasteiger partial charge in [-0.25, -0.2) is 26.0 Å². The summed E-state index contributed by atoms with van der Waals surface area (Å²) in [6, 6.07) is 9.98. The Morgan fingerprint density at radius 2 is 1.77 bits per heavy atom. The van der Waals surface area contributed by atoms with Gasteiger partial charge >= 0.3 is 0 Å². The smallest absolute Gasteiger partial charge is 0.263 e. The van der Waals surface area contributed by atoms with Crippen LogP contribution in [0.4, 0.5) is 17.6 Å². The first kappa shape index (κ1) is 24.8. The van der Waals surface area contributed by atoms with Crippen LogP contribution in [-0.4, -0.2) is 36.2 Å². The number of carbonyl (C=O) groups is 1. The maximum Gasteiger partial charge on any atom is 0.263 e. The van der Waals surface area contributed by atoms with Crippen molar-refractivity contribution in [2.75, 3.05) is 6.54 Å². The van der Waals surface area contributed by atoms with E-state index < -0.39 is 40.0 Å². The highest BCUT2D eigenvalue weighted by Crippen LogP contribution is 2.28. The van der Waals surface area contributed by atoms with Crippen LogP contribution >= 0.6 is 0 Å². The van der Waals surface area contributed by atoms with Crippen molar-refractivity contribution in [1.29, 1.82) is 0 Å². The van der Waals surface area contributed by atoms with E-state index >= 15 is 0 Å². The maximum atomic E-state index is 14.3. The second-order valence-electron chi connectivity index (χ2n) is 8.02. The van der Waals surface area contributed by atoms with Gasteiger partial charge in [-0.1, -0.05) is 24.3 Å². The van der Waals surface area contributed by atoms with E-state index in [-0.39, 0.29) is 29.1 Å². The highest BCUT2D eigenvalue weighted by molar-refractivity contribution is 7.89. The highest BCUT2D eigenvalue weighted by atomic mass is 32.2. The number of alkyl halides is 2. The molecule has 0 bridgehead atoms. The third kappa shape index (κ3) is 5.35. The molecule has 184 valence electrons. The van der Waals surface area contributed by atoms with Crippen LogP contribution in [0.5, 0.6) is 0 Å². The molecule has 2 heterocycles. The van der Waals surface area contributed by atoms with Crippen LogP contribution in [0.2, 0.25) is 0 Å². The second kappa shape index (κ2) is 10.1. The van der Waals surface area contributed by atoms with Crippen LogP contribution in [0.1, 0.15) is 30.5 Å². The summed E-state index contributed by atoms with van der Waals surface area (Å²) in [7, 11) is -4.00. The van der Waals surface area contributed by atoms with Crippen molar-refractivity contribution in [2.45, 2.75) is 36.7 Å². The SMILES string of the molecule is O=C(NCc1cc(-c2ccc(C(F)F)cc2)c(F)cn1)C1CCCN1S(=O)(=O)c1ccc(F)cc1. The fourth-order valence-corrected chi connectivity index (χ4v) is 5.59. The van der Waals surface area contributed by atoms with Crippen molar-refractivity contribution in [1.82, 2.24) is 14.6 Å². The van der Waals surface area contributed by atoms with Gasteiger partial charge in [0.1, 0.15) is 17.7 Å². The first-order valence-corrected chi connectivity index (χ1v) is 12.2. The number of halogens is 4. The van der Waals surface area contributed by atoms with Gasteiger partial charge in [-0.05, 0) is 48.7 Å². The van der Waals surface area contributed by atoms with Gasteiger partial charge in [0.05, 0.1) is 23.3 Å². The predicted molar refractivity (Wildman–Crippen MR) is 120 cm³/mol. The molecule has 1 aromatic heterocycles. The molecule has 3 aromatic rings. The number of pyridine rings is 1. The van der Waals surface area contributed by atoms with Crippen molar-refractivity contribution in [2.24, 2.45) is 0 Å². The van der Waals surface area contributed by atoms with Crippen LogP contribution < -0.4 is 5.32 Å². The average molecular weight is 508 g/mol. The summed E-state index contributed by atoms with van der Waals surface area (Å²) in [6.07, 6.45) is -0.880. The normalized spacial score (nSPS) is 16.5. The average Bonchev–Trinajstić information content (AvgIpc) is 3.35. The minimum Gasteiger partial charge on any atom is -0.349 e. The Bertz CT molecular complexity index is 1320. The van der Waals surface area contributed by atoms with Crippen LogP contribution in [0.3, 0.4) is 0 Å². The number of rotatable bonds is 7. The molecular weight excluding hydrogens is 486 g/mol. The van der Waals surface area contributed by atoms with E-state index in [0.29, 0.717) is 24.1 Å². The van der Waals surface area contributed by atoms with Crippen LogP contribution in [0, 0.1) is 11.6 Å². The Morgan fingerprint density at radius 3 is 2.43 bits per heavy atom. The topological polar surface area (TPSA) is 79.4 Å². The molecule has 1 unspecified atom stereocenters. The molecule has 0 spiro atoms. The van der Waals surface area contributed by atoms with E-state index in [1.807, 2.05) is 0 Å². The lowest BCUT2D eigenvalue weighted by molar-refractivity contribution is -0.124. The number of hydrogen-bond acceptors (Lipinski definition) is 4. The van der Waals surface area contributed by atoms with Crippen LogP contribution in [-0.2, 0) is 21.4 Å². The Hall–Kier alpha value is -3.31. The molecule has 0 aliphatic carbocycles. The van der Waals surface area contributed by atoms with Crippen molar-refractivity contribution in [3.8, 4) is 11.1 Å². The van der Waals surface area contributed by atoms with Crippen molar-refractivity contribution >= 4 is 15.9 Å². The van der Waals surface area contributed by atoms with Crippen molar-refractivity contribution < 1.29 is 30.8 Å². The number of sulfonamides is 1. The van der Waals surface area contributed by atoms with E-state index in [9.17, 15) is 30.8 Å². The molecule has 1 atom stereocenters. The van der Waals surface area contributed by atoms with Gasteiger partial charge < -0.3 is 5.32 Å². The lowest BCUT2D eigenvalue weighted by Gasteiger charge is -2.23. The summed E-state index contributed by atoms with van der Waals surface area (Å²) in [5.41, 5.74) is 0.617. The standard InChI is InChI=1S/C24H21F4N3O3S/c25-17-7-9-19(10-8-17)35(33,34)31-11-1-2-22(31)24(32)30-13-18-12-20(21(26)14-29-18)15-3-5-16(6-4-15)23(27)28/h3-10,12,14,22-23H,1-2,11,13H2,(H,30,32). The van der Waals surface area contributed by atoms with Gasteiger partial charge in [0.15, 0.2) is 0 Å². The van der Waals surface area contributed by atoms with Gasteiger partial charge in [0.25, 0.3) is 6.43 Å². The largest absolute Gasteiger partial charge is 0.349 e. The summed E-state index contributed by atoms with van der Waals surface area (Å²) in [5.74, 6) is -1.77. The molecule has 1 amide bonds. The third-order valence-electron chi connectivity index (χ3n) is 5.76. The molecule has 1 aliphatic rings. The van der Waals surface area contributed by atoms with Gasteiger partial charge in [-0.2, -0.15) is 4.31 Å². The Kier molecular flexibility index (Phi) is 7.18. The molecule has 1 fully saturated rings. The highest BCUT2D eigenvalue weighted by Gasteiger charge is 2.39. The van der Waals surface area contributed by atoms with E-state index in [2.05, 4.69) is 10.3 Å². The lowest BCUT2D eigenvalue weighted by atomic mass is 10.0. The minimum absolute atomic E-state index is 0.0951. The number of nitrogens with one attached hydrogen (secondary N) is 1. The van der Waals surface area contributed by atoms with Gasteiger partial charge in [0.2, 0.25) is 15.9 Å². The van der Waals surface area contributed by atoms with Gasteiger partial charge in [-0.15, -0.1) is 0 Å². The molecule has 35 heavy (non-hydrogen) atoms. The van der Waals surface area contributed by atoms with E-state index in [1.54, 1.807) is 0 Å². The zero-order valence-corrected chi connectivity index (χ0v) is 19.1. The quantitative estimate of drug-likeness (QED) is 0.480. The summed E-state index contributed by atoms with van der Waals surface area (Å²) in [4.78, 5) is 16.7. The molecule has 1 saturated heterocycles. The fraction of sp³-hybridized carbons (Fsp3) is 0.250. The van der Waals surface area contributed by atoms with E-state index in [1.165, 1.54) is 30.3 Å². The lowest BCUT2D eigenvalue weighted by Crippen LogP contribution is -2.45. The molecule has 6 nitrogen and oxygen atoms in total. The van der Waals surface area contributed by atoms with Gasteiger partial charge in [-0.3, -0.25) is 9.78 Å². The minimum atomic E-state index is -4.00. The Balaban J connectivity index is 1.47. The van der Waals surface area contributed by atoms with Crippen LogP contribution in [0.15, 0.2) is 65.7 Å². The first-order valence-electron chi connectivity index (χ1n) is 10.7. The first-order chi connectivity index (χ1) is 16.7. The number of nitrogens with zero attached hydrogens (tertiary/aromatic N) is 2. The predicted octanol–water partition coefficient (Wildman–Crippen LogP) is 4.43. The Labute approximate surface area is 199 Å². The molecule has 2 aromatic carbocycles. The van der Waals surface area contributed by atoms with E-state index in [4.69, 9.17) is 0 Å². The van der Waals surface area contributed by atoms with Crippen molar-refractivity contribution in [3.05, 3.63) is 83.7 Å². The monoisotopic (exact) mass is 507 g/mol. The molecule has 1 aliphatic heterocycles. The third-order valence-corrected chi connectivity index (χ3v) is 7.68. The zero-order chi connectivity index (χ0) is 25.2. The number of amides is 1. The van der Waals surface area contributed by atoms with Crippen molar-refractivity contribution in [3.63, 3.8) is 0 Å². The number of hydrogen-bond donors (Lipinski definition) is 1. The molecule has 11 heteroatoms. The van der Waals surface area contributed by atoms with Crippen LogP contribution in [0.25, 0.3) is 11.1 Å².